The molecule has 0 amide bonds. The highest BCUT2D eigenvalue weighted by molar-refractivity contribution is 5.56. The van der Waals surface area contributed by atoms with Gasteiger partial charge in [-0.05, 0) is 25.3 Å². The van der Waals surface area contributed by atoms with Crippen molar-refractivity contribution in [3.05, 3.63) is 33.9 Å². The molecule has 2 N–H and O–H groups in total. The quantitative estimate of drug-likeness (QED) is 0.424. The fourth-order valence-electron chi connectivity index (χ4n) is 1.73. The van der Waals surface area contributed by atoms with E-state index in [0.717, 1.165) is 43.5 Å². The summed E-state index contributed by atoms with van der Waals surface area (Å²) in [7, 11) is 0. The molecule has 1 aromatic rings. The number of hydrogen-bond acceptors (Lipinski definition) is 4. The summed E-state index contributed by atoms with van der Waals surface area (Å²) in [6, 6.07) is 4.84. The molecule has 1 rings (SSSR count). The van der Waals surface area contributed by atoms with Crippen molar-refractivity contribution in [3.8, 4) is 0 Å². The highest BCUT2D eigenvalue weighted by Gasteiger charge is 2.07. The molecule has 0 heterocycles. The lowest BCUT2D eigenvalue weighted by Crippen LogP contribution is -2.03. The Morgan fingerprint density at radius 1 is 1.28 bits per heavy atom. The van der Waals surface area contributed by atoms with Crippen molar-refractivity contribution < 1.29 is 10.0 Å². The van der Waals surface area contributed by atoms with Crippen LogP contribution in [0.1, 0.15) is 31.2 Å². The van der Waals surface area contributed by atoms with Crippen molar-refractivity contribution in [2.24, 2.45) is 0 Å². The zero-order valence-electron chi connectivity index (χ0n) is 10.7. The lowest BCUT2D eigenvalue weighted by atomic mass is 10.1. The Balaban J connectivity index is 2.41. The molecule has 5 heteroatoms. The van der Waals surface area contributed by atoms with Crippen molar-refractivity contribution in [1.82, 2.24) is 0 Å². The molecule has 0 unspecified atom stereocenters. The van der Waals surface area contributed by atoms with E-state index >= 15 is 0 Å². The van der Waals surface area contributed by atoms with Crippen LogP contribution in [0, 0.1) is 17.0 Å². The van der Waals surface area contributed by atoms with Gasteiger partial charge in [-0.25, -0.2) is 0 Å². The predicted octanol–water partition coefficient (Wildman–Crippen LogP) is 2.87. The van der Waals surface area contributed by atoms with Crippen LogP contribution in [0.25, 0.3) is 0 Å². The second-order valence-corrected chi connectivity index (χ2v) is 4.32. The van der Waals surface area contributed by atoms with Crippen LogP contribution in [-0.2, 0) is 0 Å². The SMILES string of the molecule is Cc1ccc([N+](=O)[O-])cc1NCCCCCCO. The number of unbranched alkanes of at least 4 members (excludes halogenated alkanes) is 3. The zero-order chi connectivity index (χ0) is 13.4. The van der Waals surface area contributed by atoms with E-state index < -0.39 is 0 Å². The summed E-state index contributed by atoms with van der Waals surface area (Å²) in [5.74, 6) is 0. The van der Waals surface area contributed by atoms with Gasteiger partial charge in [0.1, 0.15) is 0 Å². The third kappa shape index (κ3) is 4.71. The van der Waals surface area contributed by atoms with Crippen LogP contribution < -0.4 is 5.32 Å². The van der Waals surface area contributed by atoms with Gasteiger partial charge in [0.05, 0.1) is 4.92 Å². The van der Waals surface area contributed by atoms with Gasteiger partial charge in [0.15, 0.2) is 0 Å². The number of aliphatic hydroxyl groups is 1. The first-order valence-electron chi connectivity index (χ1n) is 6.25. The topological polar surface area (TPSA) is 75.4 Å². The average molecular weight is 252 g/mol. The van der Waals surface area contributed by atoms with Crippen LogP contribution in [0.5, 0.6) is 0 Å². The lowest BCUT2D eigenvalue weighted by Gasteiger charge is -2.09. The van der Waals surface area contributed by atoms with Crippen LogP contribution in [0.15, 0.2) is 18.2 Å². The van der Waals surface area contributed by atoms with E-state index in [1.807, 2.05) is 6.92 Å². The van der Waals surface area contributed by atoms with E-state index in [0.29, 0.717) is 0 Å². The molecule has 1 aromatic carbocycles. The molecule has 0 saturated heterocycles. The van der Waals surface area contributed by atoms with Crippen molar-refractivity contribution in [2.45, 2.75) is 32.6 Å². The smallest absolute Gasteiger partial charge is 0.271 e. The van der Waals surface area contributed by atoms with Crippen LogP contribution in [0.2, 0.25) is 0 Å². The van der Waals surface area contributed by atoms with E-state index in [1.54, 1.807) is 12.1 Å². The van der Waals surface area contributed by atoms with Gasteiger partial charge in [-0.15, -0.1) is 0 Å². The molecule has 100 valence electrons. The number of rotatable bonds is 8. The number of anilines is 1. The van der Waals surface area contributed by atoms with E-state index in [9.17, 15) is 10.1 Å². The summed E-state index contributed by atoms with van der Waals surface area (Å²) in [5, 5.41) is 22.5. The Morgan fingerprint density at radius 3 is 2.67 bits per heavy atom. The van der Waals surface area contributed by atoms with Gasteiger partial charge < -0.3 is 10.4 Å². The number of aryl methyl sites for hydroxylation is 1. The van der Waals surface area contributed by atoms with Gasteiger partial charge in [0, 0.05) is 31.0 Å². The van der Waals surface area contributed by atoms with Gasteiger partial charge in [0.2, 0.25) is 0 Å². The monoisotopic (exact) mass is 252 g/mol. The van der Waals surface area contributed by atoms with Gasteiger partial charge >= 0.3 is 0 Å². The number of nitrogens with one attached hydrogen (secondary N) is 1. The molecule has 0 aromatic heterocycles. The van der Waals surface area contributed by atoms with Crippen molar-refractivity contribution >= 4 is 11.4 Å². The normalized spacial score (nSPS) is 10.3. The number of aliphatic hydroxyl groups excluding tert-OH is 1. The molecular weight excluding hydrogens is 232 g/mol. The third-order valence-electron chi connectivity index (χ3n) is 2.83. The number of nitrogens with zero attached hydrogens (tertiary/aromatic N) is 1. The maximum atomic E-state index is 10.7. The number of hydrogen-bond donors (Lipinski definition) is 2. The Labute approximate surface area is 107 Å². The van der Waals surface area contributed by atoms with Gasteiger partial charge in [0.25, 0.3) is 5.69 Å². The Morgan fingerprint density at radius 2 is 2.00 bits per heavy atom. The van der Waals surface area contributed by atoms with Gasteiger partial charge in [-0.3, -0.25) is 10.1 Å². The Kier molecular flexibility index (Phi) is 6.14. The first kappa shape index (κ1) is 14.4. The van der Waals surface area contributed by atoms with Crippen molar-refractivity contribution in [2.75, 3.05) is 18.5 Å². The lowest BCUT2D eigenvalue weighted by molar-refractivity contribution is -0.384. The Hall–Kier alpha value is -1.62. The van der Waals surface area contributed by atoms with E-state index in [2.05, 4.69) is 5.32 Å². The molecule has 0 aliphatic heterocycles. The summed E-state index contributed by atoms with van der Waals surface area (Å²) >= 11 is 0. The maximum Gasteiger partial charge on any atom is 0.271 e. The minimum Gasteiger partial charge on any atom is -0.396 e. The summed E-state index contributed by atoms with van der Waals surface area (Å²) in [6.45, 7) is 2.97. The first-order valence-corrected chi connectivity index (χ1v) is 6.25. The standard InChI is InChI=1S/C13H20N2O3/c1-11-6-7-12(15(17)18)10-13(11)14-8-4-2-3-5-9-16/h6-7,10,14,16H,2-5,8-9H2,1H3. The molecule has 0 fully saturated rings. The fraction of sp³-hybridized carbons (Fsp3) is 0.538. The number of non-ortho nitro benzene ring substituents is 1. The summed E-state index contributed by atoms with van der Waals surface area (Å²) in [5.41, 5.74) is 1.95. The van der Waals surface area contributed by atoms with Crippen LogP contribution >= 0.6 is 0 Å². The van der Waals surface area contributed by atoms with E-state index in [4.69, 9.17) is 5.11 Å². The van der Waals surface area contributed by atoms with Crippen LogP contribution in [0.3, 0.4) is 0 Å². The minimum absolute atomic E-state index is 0.114. The zero-order valence-corrected chi connectivity index (χ0v) is 10.7. The summed E-state index contributed by atoms with van der Waals surface area (Å²) < 4.78 is 0. The second kappa shape index (κ2) is 7.66. The molecule has 0 atom stereocenters. The second-order valence-electron chi connectivity index (χ2n) is 4.32. The number of nitro benzene ring substituents is 1. The van der Waals surface area contributed by atoms with E-state index in [1.165, 1.54) is 6.07 Å². The number of benzene rings is 1. The highest BCUT2D eigenvalue weighted by atomic mass is 16.6. The average Bonchev–Trinajstić information content (AvgIpc) is 2.35. The number of nitro groups is 1. The summed E-state index contributed by atoms with van der Waals surface area (Å²) in [4.78, 5) is 10.3. The molecule has 0 saturated carbocycles. The van der Waals surface area contributed by atoms with Gasteiger partial charge in [-0.2, -0.15) is 0 Å². The van der Waals surface area contributed by atoms with Crippen molar-refractivity contribution in [3.63, 3.8) is 0 Å². The molecule has 0 aliphatic rings. The first-order chi connectivity index (χ1) is 8.65. The largest absolute Gasteiger partial charge is 0.396 e. The molecule has 0 bridgehead atoms. The fourth-order valence-corrected chi connectivity index (χ4v) is 1.73. The minimum atomic E-state index is -0.383. The maximum absolute atomic E-state index is 10.7. The molecule has 18 heavy (non-hydrogen) atoms. The molecule has 0 spiro atoms. The molecule has 0 radical (unpaired) electrons. The molecule has 5 nitrogen and oxygen atoms in total. The summed E-state index contributed by atoms with van der Waals surface area (Å²) in [6.07, 6.45) is 3.92. The van der Waals surface area contributed by atoms with Crippen molar-refractivity contribution in [1.29, 1.82) is 0 Å². The van der Waals surface area contributed by atoms with E-state index in [-0.39, 0.29) is 17.2 Å². The molecule has 0 aliphatic carbocycles. The van der Waals surface area contributed by atoms with Crippen LogP contribution in [-0.4, -0.2) is 23.2 Å². The highest BCUT2D eigenvalue weighted by Crippen LogP contribution is 2.21. The Bertz CT molecular complexity index is 394. The molecular formula is C13H20N2O3. The van der Waals surface area contributed by atoms with Crippen LogP contribution in [0.4, 0.5) is 11.4 Å². The third-order valence-corrected chi connectivity index (χ3v) is 2.83. The predicted molar refractivity (Wildman–Crippen MR) is 71.9 cm³/mol. The van der Waals surface area contributed by atoms with Gasteiger partial charge in [-0.1, -0.05) is 18.9 Å².